The number of rotatable bonds is 3. The minimum Gasteiger partial charge on any atom is -0.454 e. The van der Waals surface area contributed by atoms with Crippen LogP contribution in [-0.2, 0) is 4.79 Å². The molecule has 1 amide bonds. The normalized spacial score (nSPS) is 16.0. The first kappa shape index (κ1) is 25.7. The van der Waals surface area contributed by atoms with Gasteiger partial charge in [-0.2, -0.15) is 4.98 Å². The van der Waals surface area contributed by atoms with Gasteiger partial charge in [0.15, 0.2) is 17.0 Å². The van der Waals surface area contributed by atoms with E-state index >= 15 is 8.78 Å². The Bertz CT molecular complexity index is 1950. The van der Waals surface area contributed by atoms with Crippen molar-refractivity contribution in [3.05, 3.63) is 82.8 Å². The zero-order chi connectivity index (χ0) is 28.3. The molecule has 1 aliphatic rings. The van der Waals surface area contributed by atoms with Crippen molar-refractivity contribution in [2.45, 2.75) is 32.7 Å². The van der Waals surface area contributed by atoms with E-state index in [-0.39, 0.29) is 45.8 Å². The molecule has 0 aliphatic carbocycles. The Balaban J connectivity index is 1.77. The van der Waals surface area contributed by atoms with Gasteiger partial charge < -0.3 is 14.2 Å². The number of aromatic nitrogens is 3. The Kier molecular flexibility index (Phi) is 6.13. The van der Waals surface area contributed by atoms with E-state index in [4.69, 9.17) is 4.42 Å². The van der Waals surface area contributed by atoms with E-state index in [1.807, 2.05) is 31.7 Å². The van der Waals surface area contributed by atoms with E-state index in [2.05, 4.69) is 16.5 Å². The number of carbonyl (C=O) groups is 1. The molecule has 40 heavy (non-hydrogen) atoms. The molecule has 0 unspecified atom stereocenters. The van der Waals surface area contributed by atoms with Gasteiger partial charge in [0.05, 0.1) is 16.3 Å². The Morgan fingerprint density at radius 2 is 1.85 bits per heavy atom. The van der Waals surface area contributed by atoms with Crippen LogP contribution >= 0.6 is 0 Å². The molecule has 1 aliphatic heterocycles. The van der Waals surface area contributed by atoms with Gasteiger partial charge in [-0.1, -0.05) is 38.6 Å². The highest BCUT2D eigenvalue weighted by atomic mass is 19.1. The summed E-state index contributed by atoms with van der Waals surface area (Å²) in [5.41, 5.74) is 0.827. The van der Waals surface area contributed by atoms with Crippen molar-refractivity contribution in [2.75, 3.05) is 24.5 Å². The monoisotopic (exact) mass is 543 g/mol. The molecular formula is C30H27F2N5O3. The molecule has 2 aromatic carbocycles. The van der Waals surface area contributed by atoms with Gasteiger partial charge >= 0.3 is 5.69 Å². The minimum absolute atomic E-state index is 0.0239. The molecular weight excluding hydrogens is 516 g/mol. The molecule has 1 saturated heterocycles. The molecule has 2 bridgehead atoms. The lowest BCUT2D eigenvalue weighted by atomic mass is 10.0. The molecule has 1 fully saturated rings. The topological polar surface area (TPSA) is 84.0 Å². The van der Waals surface area contributed by atoms with Crippen LogP contribution in [-0.4, -0.2) is 50.9 Å². The highest BCUT2D eigenvalue weighted by Crippen LogP contribution is 2.33. The summed E-state index contributed by atoms with van der Waals surface area (Å²) in [6, 6.07) is 10.6. The van der Waals surface area contributed by atoms with Crippen LogP contribution in [0.5, 0.6) is 0 Å². The van der Waals surface area contributed by atoms with Crippen molar-refractivity contribution in [3.8, 4) is 0 Å². The third kappa shape index (κ3) is 3.93. The van der Waals surface area contributed by atoms with E-state index < -0.39 is 17.3 Å². The number of anilines is 1. The van der Waals surface area contributed by atoms with E-state index in [1.165, 1.54) is 28.7 Å². The molecule has 10 heteroatoms. The fourth-order valence-electron chi connectivity index (χ4n) is 5.58. The molecule has 3 aromatic heterocycles. The van der Waals surface area contributed by atoms with E-state index in [0.717, 1.165) is 5.56 Å². The zero-order valence-corrected chi connectivity index (χ0v) is 22.3. The van der Waals surface area contributed by atoms with Crippen LogP contribution in [0.1, 0.15) is 32.3 Å². The number of para-hydroxylation sites is 1. The first-order chi connectivity index (χ1) is 19.2. The number of carbonyl (C=O) groups excluding carboxylic acids is 1. The molecule has 5 aromatic rings. The Labute approximate surface area is 227 Å². The van der Waals surface area contributed by atoms with E-state index in [1.54, 1.807) is 23.1 Å². The standard InChI is InChI=1S/C30H27F2N5O3/c1-5-24(38)36-13-12-35(15-17(36)4)28-19-14-21(32)26-25-20(31)9-7-10-22(25)40-23-11-6-8-18(16(2)3)27(23)37(29(19)33-26)30(39)34-28/h5-11,14,16-17H,1,12-13,15H2,2-4H3/t17-/m0/s1. The third-order valence-electron chi connectivity index (χ3n) is 7.49. The average Bonchev–Trinajstić information content (AvgIpc) is 2.98. The molecule has 0 saturated carbocycles. The lowest BCUT2D eigenvalue weighted by molar-refractivity contribution is -0.128. The van der Waals surface area contributed by atoms with Crippen LogP contribution in [0.3, 0.4) is 0 Å². The first-order valence-electron chi connectivity index (χ1n) is 13.1. The van der Waals surface area contributed by atoms with Crippen LogP contribution in [0.4, 0.5) is 14.6 Å². The number of benzene rings is 2. The second-order valence-electron chi connectivity index (χ2n) is 10.3. The van der Waals surface area contributed by atoms with Gasteiger partial charge in [-0.3, -0.25) is 4.79 Å². The number of halogens is 2. The van der Waals surface area contributed by atoms with Crippen molar-refractivity contribution in [3.63, 3.8) is 0 Å². The number of hydrogen-bond acceptors (Lipinski definition) is 6. The van der Waals surface area contributed by atoms with Crippen molar-refractivity contribution in [1.29, 1.82) is 0 Å². The van der Waals surface area contributed by atoms with Gasteiger partial charge in [-0.15, -0.1) is 0 Å². The maximum Gasteiger partial charge on any atom is 0.355 e. The molecule has 1 atom stereocenters. The summed E-state index contributed by atoms with van der Waals surface area (Å²) < 4.78 is 38.6. The number of fused-ring (bicyclic) bond motifs is 5. The maximum atomic E-state index is 15.8. The first-order valence-corrected chi connectivity index (χ1v) is 13.1. The predicted octanol–water partition coefficient (Wildman–Crippen LogP) is 5.33. The maximum absolute atomic E-state index is 15.8. The van der Waals surface area contributed by atoms with E-state index in [0.29, 0.717) is 36.1 Å². The highest BCUT2D eigenvalue weighted by molar-refractivity contribution is 5.99. The number of amides is 1. The summed E-state index contributed by atoms with van der Waals surface area (Å²) in [6.07, 6.45) is 1.27. The Hall–Kier alpha value is -4.60. The second kappa shape index (κ2) is 9.55. The summed E-state index contributed by atoms with van der Waals surface area (Å²) in [5, 5.41) is 0.160. The SMILES string of the molecule is C=CC(=O)N1CCN(c2nc(=O)n3c4nc(c(F)cc24)c2c(F)cccc2oc2cccc(C(C)C)c23)C[C@@H]1C. The second-order valence-corrected chi connectivity index (χ2v) is 10.3. The summed E-state index contributed by atoms with van der Waals surface area (Å²) >= 11 is 0. The van der Waals surface area contributed by atoms with Gasteiger partial charge in [0.2, 0.25) is 5.91 Å². The van der Waals surface area contributed by atoms with Gasteiger partial charge in [0, 0.05) is 25.7 Å². The van der Waals surface area contributed by atoms with Crippen LogP contribution < -0.4 is 10.6 Å². The quantitative estimate of drug-likeness (QED) is 0.286. The van der Waals surface area contributed by atoms with Crippen molar-refractivity contribution in [1.82, 2.24) is 19.3 Å². The molecule has 0 radical (unpaired) electrons. The minimum atomic E-state index is -0.778. The Morgan fingerprint density at radius 1 is 1.10 bits per heavy atom. The van der Waals surface area contributed by atoms with E-state index in [9.17, 15) is 9.59 Å². The molecule has 6 rings (SSSR count). The molecule has 8 nitrogen and oxygen atoms in total. The zero-order valence-electron chi connectivity index (χ0n) is 22.3. The fraction of sp³-hybridized carbons (Fsp3) is 0.267. The van der Waals surface area contributed by atoms with Gasteiger partial charge in [-0.05, 0) is 48.7 Å². The van der Waals surface area contributed by atoms with Crippen LogP contribution in [0, 0.1) is 11.6 Å². The van der Waals surface area contributed by atoms with Crippen molar-refractivity contribution >= 4 is 50.3 Å². The number of hydrogen-bond donors (Lipinski definition) is 0. The number of nitrogens with zero attached hydrogens (tertiary/aromatic N) is 5. The average molecular weight is 544 g/mol. The summed E-state index contributed by atoms with van der Waals surface area (Å²) in [7, 11) is 0. The summed E-state index contributed by atoms with van der Waals surface area (Å²) in [6.45, 7) is 10.5. The lowest BCUT2D eigenvalue weighted by Gasteiger charge is -2.40. The molecule has 204 valence electrons. The van der Waals surface area contributed by atoms with Gasteiger partial charge in [0.1, 0.15) is 22.7 Å². The highest BCUT2D eigenvalue weighted by Gasteiger charge is 2.29. The predicted molar refractivity (Wildman–Crippen MR) is 150 cm³/mol. The Morgan fingerprint density at radius 3 is 2.58 bits per heavy atom. The molecule has 4 heterocycles. The van der Waals surface area contributed by atoms with Crippen LogP contribution in [0.25, 0.3) is 38.6 Å². The fourth-order valence-corrected chi connectivity index (χ4v) is 5.58. The molecule has 0 N–H and O–H groups in total. The van der Waals surface area contributed by atoms with Crippen LogP contribution in [0.2, 0.25) is 0 Å². The van der Waals surface area contributed by atoms with Gasteiger partial charge in [0.25, 0.3) is 0 Å². The largest absolute Gasteiger partial charge is 0.454 e. The number of pyridine rings is 1. The smallest absolute Gasteiger partial charge is 0.355 e. The third-order valence-corrected chi connectivity index (χ3v) is 7.49. The number of piperazine rings is 1. The van der Waals surface area contributed by atoms with Crippen molar-refractivity contribution < 1.29 is 18.0 Å². The summed E-state index contributed by atoms with van der Waals surface area (Å²) in [5.74, 6) is -1.44. The summed E-state index contributed by atoms with van der Waals surface area (Å²) in [4.78, 5) is 38.7. The molecule has 0 spiro atoms. The van der Waals surface area contributed by atoms with Crippen LogP contribution in [0.15, 0.2) is 64.3 Å². The van der Waals surface area contributed by atoms with Crippen molar-refractivity contribution in [2.24, 2.45) is 0 Å². The lowest BCUT2D eigenvalue weighted by Crippen LogP contribution is -2.54. The van der Waals surface area contributed by atoms with Gasteiger partial charge in [-0.25, -0.2) is 23.0 Å².